The Bertz CT molecular complexity index is 975. The van der Waals surface area contributed by atoms with Gasteiger partial charge >= 0.3 is 6.18 Å². The minimum atomic E-state index is -4.50. The molecule has 3 aromatic heterocycles. The molecule has 0 saturated heterocycles. The van der Waals surface area contributed by atoms with Crippen molar-refractivity contribution >= 4 is 28.5 Å². The number of amides is 2. The fraction of sp³-hybridized carbons (Fsp3) is 0.133. The first-order chi connectivity index (χ1) is 12.2. The maximum Gasteiger partial charge on any atom is 0.405 e. The largest absolute Gasteiger partial charge is 0.405 e. The molecule has 0 aliphatic rings. The zero-order chi connectivity index (χ0) is 18.9. The molecule has 0 radical (unpaired) electrons. The van der Waals surface area contributed by atoms with Crippen LogP contribution in [0.5, 0.6) is 0 Å². The lowest BCUT2D eigenvalue weighted by molar-refractivity contribution is -0.123. The lowest BCUT2D eigenvalue weighted by Gasteiger charge is -2.12. The lowest BCUT2D eigenvalue weighted by atomic mass is 10.2. The summed E-state index contributed by atoms with van der Waals surface area (Å²) in [6.07, 6.45) is 1.13. The Labute approximate surface area is 144 Å². The SMILES string of the molecule is NC(=O)c1cnc2[nH]ccc2c1Nn1ccc(C(=O)NCC(F)(F)F)c1. The number of carbonyl (C=O) groups is 2. The minimum Gasteiger partial charge on any atom is -0.365 e. The minimum absolute atomic E-state index is 0.0155. The molecule has 3 heterocycles. The molecule has 5 N–H and O–H groups in total. The predicted molar refractivity (Wildman–Crippen MR) is 86.5 cm³/mol. The first-order valence-electron chi connectivity index (χ1n) is 7.30. The van der Waals surface area contributed by atoms with Gasteiger partial charge in [-0.1, -0.05) is 0 Å². The molecule has 11 heteroatoms. The van der Waals surface area contributed by atoms with E-state index >= 15 is 0 Å². The van der Waals surface area contributed by atoms with Crippen molar-refractivity contribution in [1.29, 1.82) is 0 Å². The van der Waals surface area contributed by atoms with Gasteiger partial charge in [-0.3, -0.25) is 19.7 Å². The summed E-state index contributed by atoms with van der Waals surface area (Å²) in [7, 11) is 0. The third-order valence-corrected chi connectivity index (χ3v) is 3.50. The van der Waals surface area contributed by atoms with Crippen molar-refractivity contribution in [2.75, 3.05) is 12.0 Å². The highest BCUT2D eigenvalue weighted by atomic mass is 19.4. The second kappa shape index (κ2) is 6.43. The topological polar surface area (TPSA) is 118 Å². The standard InChI is InChI=1S/C15H13F3N6O2/c16-15(17,18)7-22-14(26)8-2-4-24(6-8)23-11-9-1-3-20-13(9)21-5-10(11)12(19)25/h1-6H,7H2,(H2,19,25)(H,22,26)(H2,20,21,23). The Kier molecular flexibility index (Phi) is 4.28. The molecule has 0 aliphatic carbocycles. The highest BCUT2D eigenvalue weighted by molar-refractivity contribution is 6.05. The second-order valence-electron chi connectivity index (χ2n) is 5.37. The average molecular weight is 366 g/mol. The monoisotopic (exact) mass is 366 g/mol. The van der Waals surface area contributed by atoms with Gasteiger partial charge in [0.25, 0.3) is 11.8 Å². The van der Waals surface area contributed by atoms with Crippen LogP contribution in [0.2, 0.25) is 0 Å². The summed E-state index contributed by atoms with van der Waals surface area (Å²) < 4.78 is 37.9. The van der Waals surface area contributed by atoms with Gasteiger partial charge in [0.15, 0.2) is 0 Å². The van der Waals surface area contributed by atoms with Crippen molar-refractivity contribution in [2.24, 2.45) is 5.73 Å². The maximum atomic E-state index is 12.2. The van der Waals surface area contributed by atoms with Crippen LogP contribution in [-0.4, -0.2) is 39.2 Å². The van der Waals surface area contributed by atoms with E-state index in [1.807, 2.05) is 0 Å². The zero-order valence-corrected chi connectivity index (χ0v) is 13.1. The van der Waals surface area contributed by atoms with E-state index in [4.69, 9.17) is 5.73 Å². The van der Waals surface area contributed by atoms with E-state index in [0.29, 0.717) is 16.7 Å². The molecular formula is C15H13F3N6O2. The predicted octanol–water partition coefficient (Wildman–Crippen LogP) is 1.63. The van der Waals surface area contributed by atoms with Crippen molar-refractivity contribution in [2.45, 2.75) is 6.18 Å². The van der Waals surface area contributed by atoms with Gasteiger partial charge in [0.1, 0.15) is 12.2 Å². The maximum absolute atomic E-state index is 12.2. The van der Waals surface area contributed by atoms with Crippen LogP contribution >= 0.6 is 0 Å². The van der Waals surface area contributed by atoms with Crippen LogP contribution in [0.3, 0.4) is 0 Å². The Balaban J connectivity index is 1.84. The lowest BCUT2D eigenvalue weighted by Crippen LogP contribution is -2.33. The Morgan fingerprint density at radius 3 is 2.77 bits per heavy atom. The number of carbonyl (C=O) groups excluding carboxylic acids is 2. The number of nitrogens with one attached hydrogen (secondary N) is 3. The van der Waals surface area contributed by atoms with E-state index in [0.717, 1.165) is 0 Å². The number of aromatic nitrogens is 3. The van der Waals surface area contributed by atoms with Gasteiger partial charge < -0.3 is 16.0 Å². The van der Waals surface area contributed by atoms with Gasteiger partial charge in [-0.2, -0.15) is 13.2 Å². The number of pyridine rings is 1. The fourth-order valence-electron chi connectivity index (χ4n) is 2.33. The molecule has 0 bridgehead atoms. The van der Waals surface area contributed by atoms with Crippen molar-refractivity contribution in [3.05, 3.63) is 48.0 Å². The van der Waals surface area contributed by atoms with E-state index in [-0.39, 0.29) is 11.1 Å². The fourth-order valence-corrected chi connectivity index (χ4v) is 2.33. The number of aromatic amines is 1. The number of hydrogen-bond acceptors (Lipinski definition) is 4. The van der Waals surface area contributed by atoms with Crippen LogP contribution in [0.1, 0.15) is 20.7 Å². The number of rotatable bonds is 5. The Morgan fingerprint density at radius 2 is 2.08 bits per heavy atom. The Hall–Kier alpha value is -3.50. The summed E-state index contributed by atoms with van der Waals surface area (Å²) in [5, 5.41) is 2.36. The van der Waals surface area contributed by atoms with E-state index in [2.05, 4.69) is 15.4 Å². The normalized spacial score (nSPS) is 11.5. The zero-order valence-electron chi connectivity index (χ0n) is 13.1. The molecule has 2 amide bonds. The van der Waals surface area contributed by atoms with E-state index in [1.54, 1.807) is 17.6 Å². The molecule has 3 rings (SSSR count). The molecule has 0 fully saturated rings. The molecule has 3 aromatic rings. The van der Waals surface area contributed by atoms with Crippen molar-refractivity contribution in [1.82, 2.24) is 20.0 Å². The van der Waals surface area contributed by atoms with Crippen LogP contribution in [-0.2, 0) is 0 Å². The Morgan fingerprint density at radius 1 is 1.31 bits per heavy atom. The van der Waals surface area contributed by atoms with Gasteiger partial charge in [-0.25, -0.2) is 4.98 Å². The van der Waals surface area contributed by atoms with Gasteiger partial charge in [0, 0.05) is 30.2 Å². The summed E-state index contributed by atoms with van der Waals surface area (Å²) in [6, 6.07) is 3.01. The number of hydrogen-bond donors (Lipinski definition) is 4. The van der Waals surface area contributed by atoms with Gasteiger partial charge in [-0.15, -0.1) is 0 Å². The summed E-state index contributed by atoms with van der Waals surface area (Å²) in [4.78, 5) is 30.3. The van der Waals surface area contributed by atoms with Gasteiger partial charge in [-0.05, 0) is 12.1 Å². The van der Waals surface area contributed by atoms with E-state index in [9.17, 15) is 22.8 Å². The van der Waals surface area contributed by atoms with Crippen molar-refractivity contribution in [3.63, 3.8) is 0 Å². The second-order valence-corrected chi connectivity index (χ2v) is 5.37. The van der Waals surface area contributed by atoms with Crippen molar-refractivity contribution in [3.8, 4) is 0 Å². The first kappa shape index (κ1) is 17.3. The van der Waals surface area contributed by atoms with E-state index < -0.39 is 24.5 Å². The van der Waals surface area contributed by atoms with Gasteiger partial charge in [0.2, 0.25) is 0 Å². The molecule has 0 saturated carbocycles. The smallest absolute Gasteiger partial charge is 0.365 e. The van der Waals surface area contributed by atoms with Crippen LogP contribution in [0.15, 0.2) is 36.9 Å². The number of fused-ring (bicyclic) bond motifs is 1. The number of H-pyrrole nitrogens is 1. The van der Waals surface area contributed by atoms with Gasteiger partial charge in [0.05, 0.1) is 16.8 Å². The highest BCUT2D eigenvalue weighted by Gasteiger charge is 2.28. The molecule has 0 aliphatic heterocycles. The van der Waals surface area contributed by atoms with E-state index in [1.165, 1.54) is 29.3 Å². The number of halogens is 3. The average Bonchev–Trinajstić information content (AvgIpc) is 3.20. The molecule has 8 nitrogen and oxygen atoms in total. The van der Waals surface area contributed by atoms with Crippen LogP contribution in [0.25, 0.3) is 11.0 Å². The molecule has 0 aromatic carbocycles. The number of nitrogens with two attached hydrogens (primary N) is 1. The summed E-state index contributed by atoms with van der Waals surface area (Å²) in [5.41, 5.74) is 9.23. The summed E-state index contributed by atoms with van der Waals surface area (Å²) in [6.45, 7) is -1.43. The molecule has 0 atom stereocenters. The quantitative estimate of drug-likeness (QED) is 0.549. The number of primary amides is 1. The highest BCUT2D eigenvalue weighted by Crippen LogP contribution is 2.25. The van der Waals surface area contributed by atoms with Crippen molar-refractivity contribution < 1.29 is 22.8 Å². The first-order valence-corrected chi connectivity index (χ1v) is 7.30. The number of anilines is 1. The molecule has 136 valence electrons. The van der Waals surface area contributed by atoms with Crippen LogP contribution < -0.4 is 16.5 Å². The number of alkyl halides is 3. The molecular weight excluding hydrogens is 353 g/mol. The van der Waals surface area contributed by atoms with Crippen LogP contribution in [0.4, 0.5) is 18.9 Å². The molecule has 26 heavy (non-hydrogen) atoms. The molecule has 0 spiro atoms. The summed E-state index contributed by atoms with van der Waals surface area (Å²) >= 11 is 0. The van der Waals surface area contributed by atoms with Crippen LogP contribution in [0, 0.1) is 0 Å². The third-order valence-electron chi connectivity index (χ3n) is 3.50. The molecule has 0 unspecified atom stereocenters. The number of nitrogens with zero attached hydrogens (tertiary/aromatic N) is 2. The summed E-state index contributed by atoms with van der Waals surface area (Å²) in [5.74, 6) is -1.59. The third kappa shape index (κ3) is 3.61.